The van der Waals surface area contributed by atoms with Crippen LogP contribution in [-0.4, -0.2) is 66.1 Å². The monoisotopic (exact) mass is 362 g/mol. The van der Waals surface area contributed by atoms with Crippen LogP contribution in [0.4, 0.5) is 16.6 Å². The van der Waals surface area contributed by atoms with Crippen LogP contribution in [0, 0.1) is 10.1 Å². The summed E-state index contributed by atoms with van der Waals surface area (Å²) >= 11 is 1.50. The summed E-state index contributed by atoms with van der Waals surface area (Å²) in [5.41, 5.74) is 0.730. The molecule has 2 aliphatic heterocycles. The van der Waals surface area contributed by atoms with Gasteiger partial charge in [0.05, 0.1) is 9.62 Å². The van der Waals surface area contributed by atoms with E-state index in [0.717, 1.165) is 61.9 Å². The van der Waals surface area contributed by atoms with Crippen LogP contribution >= 0.6 is 11.3 Å². The van der Waals surface area contributed by atoms with Gasteiger partial charge < -0.3 is 14.7 Å². The maximum atomic E-state index is 11.6. The molecule has 0 unspecified atom stereocenters. The molecule has 2 aromatic heterocycles. The predicted molar refractivity (Wildman–Crippen MR) is 99.8 cm³/mol. The fraction of sp³-hybridized carbons (Fsp3) is 0.625. The summed E-state index contributed by atoms with van der Waals surface area (Å²) in [5.74, 6) is 0.479. The molecule has 2 fully saturated rings. The van der Waals surface area contributed by atoms with Gasteiger partial charge >= 0.3 is 5.69 Å². The number of pyridine rings is 1. The van der Waals surface area contributed by atoms with Crippen LogP contribution in [-0.2, 0) is 0 Å². The van der Waals surface area contributed by atoms with E-state index in [1.807, 2.05) is 4.90 Å². The van der Waals surface area contributed by atoms with Gasteiger partial charge in [-0.3, -0.25) is 10.1 Å². The highest BCUT2D eigenvalue weighted by Crippen LogP contribution is 2.36. The Morgan fingerprint density at radius 1 is 1.04 bits per heavy atom. The number of likely N-dealkylation sites (N-methyl/N-ethyl adjacent to an activating group) is 1. The molecule has 0 N–H and O–H groups in total. The number of piperidine rings is 1. The van der Waals surface area contributed by atoms with Crippen LogP contribution in [0.25, 0.3) is 10.3 Å². The molecule has 134 valence electrons. The summed E-state index contributed by atoms with van der Waals surface area (Å²) in [6.07, 6.45) is 3.29. The molecular weight excluding hydrogens is 340 g/mol. The first-order chi connectivity index (χ1) is 12.1. The van der Waals surface area contributed by atoms with E-state index in [-0.39, 0.29) is 10.6 Å². The highest BCUT2D eigenvalue weighted by Gasteiger charge is 2.26. The number of nitro groups is 1. The Labute approximate surface area is 150 Å². The molecule has 0 amide bonds. The van der Waals surface area contributed by atoms with Gasteiger partial charge in [0.1, 0.15) is 0 Å². The normalized spacial score (nSPS) is 19.6. The Bertz CT molecular complexity index is 780. The van der Waals surface area contributed by atoms with E-state index >= 15 is 0 Å². The summed E-state index contributed by atoms with van der Waals surface area (Å²) in [6.45, 7) is 5.52. The first kappa shape index (κ1) is 16.5. The summed E-state index contributed by atoms with van der Waals surface area (Å²) in [4.78, 5) is 27.1. The molecule has 0 aliphatic carbocycles. The van der Waals surface area contributed by atoms with Crippen molar-refractivity contribution in [2.24, 2.45) is 0 Å². The molecule has 0 radical (unpaired) electrons. The summed E-state index contributed by atoms with van der Waals surface area (Å²) < 4.78 is 0.793. The Kier molecular flexibility index (Phi) is 4.43. The average molecular weight is 362 g/mol. The minimum atomic E-state index is -0.314. The minimum Gasteiger partial charge on any atom is -0.351 e. The Hall–Kier alpha value is -2.00. The highest BCUT2D eigenvalue weighted by molar-refractivity contribution is 7.22. The maximum Gasteiger partial charge on any atom is 0.313 e. The van der Waals surface area contributed by atoms with E-state index in [0.29, 0.717) is 11.5 Å². The van der Waals surface area contributed by atoms with Crippen molar-refractivity contribution in [1.82, 2.24) is 14.9 Å². The standard InChI is InChI=1S/C16H22N6O2S/c1-19-7-9-21(10-8-19)16-18-14-13(25-16)11-12(22(23)24)15(17-14)20-5-3-2-4-6-20/h11H,2-10H2,1H3. The lowest BCUT2D eigenvalue weighted by atomic mass is 10.1. The van der Waals surface area contributed by atoms with Crippen molar-refractivity contribution < 1.29 is 4.92 Å². The van der Waals surface area contributed by atoms with Gasteiger partial charge in [0.2, 0.25) is 5.82 Å². The molecule has 0 saturated carbocycles. The third kappa shape index (κ3) is 3.25. The zero-order chi connectivity index (χ0) is 17.4. The van der Waals surface area contributed by atoms with Gasteiger partial charge in [-0.15, -0.1) is 0 Å². The van der Waals surface area contributed by atoms with Crippen molar-refractivity contribution in [2.75, 3.05) is 56.1 Å². The number of hydrogen-bond donors (Lipinski definition) is 0. The number of nitrogens with zero attached hydrogens (tertiary/aromatic N) is 6. The number of fused-ring (bicyclic) bond motifs is 1. The molecule has 4 rings (SSSR count). The van der Waals surface area contributed by atoms with Gasteiger partial charge in [0, 0.05) is 45.3 Å². The second-order valence-electron chi connectivity index (χ2n) is 6.74. The van der Waals surface area contributed by atoms with Crippen molar-refractivity contribution in [3.63, 3.8) is 0 Å². The third-order valence-corrected chi connectivity index (χ3v) is 6.01. The predicted octanol–water partition coefficient (Wildman–Crippen LogP) is 2.34. The molecule has 25 heavy (non-hydrogen) atoms. The van der Waals surface area contributed by atoms with Gasteiger partial charge in [-0.05, 0) is 26.3 Å². The lowest BCUT2D eigenvalue weighted by Gasteiger charge is -2.31. The van der Waals surface area contributed by atoms with Crippen molar-refractivity contribution in [3.05, 3.63) is 16.2 Å². The fourth-order valence-corrected chi connectivity index (χ4v) is 4.43. The number of hydrogen-bond acceptors (Lipinski definition) is 8. The third-order valence-electron chi connectivity index (χ3n) is 4.96. The first-order valence-electron chi connectivity index (χ1n) is 8.76. The molecule has 2 aromatic rings. The fourth-order valence-electron chi connectivity index (χ4n) is 3.44. The summed E-state index contributed by atoms with van der Waals surface area (Å²) in [7, 11) is 2.12. The number of rotatable bonds is 3. The van der Waals surface area contributed by atoms with Crippen LogP contribution in [0.1, 0.15) is 19.3 Å². The lowest BCUT2D eigenvalue weighted by Crippen LogP contribution is -2.44. The molecule has 0 bridgehead atoms. The van der Waals surface area contributed by atoms with E-state index in [1.54, 1.807) is 6.07 Å². The minimum absolute atomic E-state index is 0.1000. The largest absolute Gasteiger partial charge is 0.351 e. The van der Waals surface area contributed by atoms with E-state index in [2.05, 4.69) is 26.8 Å². The Morgan fingerprint density at radius 2 is 1.76 bits per heavy atom. The van der Waals surface area contributed by atoms with Gasteiger partial charge in [0.25, 0.3) is 0 Å². The second-order valence-corrected chi connectivity index (χ2v) is 7.75. The van der Waals surface area contributed by atoms with Crippen molar-refractivity contribution in [2.45, 2.75) is 19.3 Å². The van der Waals surface area contributed by atoms with Gasteiger partial charge in [-0.25, -0.2) is 4.98 Å². The highest BCUT2D eigenvalue weighted by atomic mass is 32.1. The Morgan fingerprint density at radius 3 is 2.44 bits per heavy atom. The smallest absolute Gasteiger partial charge is 0.313 e. The molecule has 0 atom stereocenters. The maximum absolute atomic E-state index is 11.6. The summed E-state index contributed by atoms with van der Waals surface area (Å²) in [5, 5.41) is 12.5. The van der Waals surface area contributed by atoms with Crippen molar-refractivity contribution in [3.8, 4) is 0 Å². The molecule has 9 heteroatoms. The van der Waals surface area contributed by atoms with E-state index < -0.39 is 0 Å². The topological polar surface area (TPSA) is 78.6 Å². The number of aromatic nitrogens is 2. The van der Waals surface area contributed by atoms with Crippen LogP contribution in [0.15, 0.2) is 6.07 Å². The van der Waals surface area contributed by atoms with E-state index in [4.69, 9.17) is 0 Å². The van der Waals surface area contributed by atoms with Gasteiger partial charge in [-0.1, -0.05) is 11.3 Å². The van der Waals surface area contributed by atoms with Crippen LogP contribution in [0.5, 0.6) is 0 Å². The van der Waals surface area contributed by atoms with E-state index in [1.165, 1.54) is 17.8 Å². The molecule has 2 aliphatic rings. The van der Waals surface area contributed by atoms with Crippen LogP contribution < -0.4 is 9.80 Å². The molecule has 8 nitrogen and oxygen atoms in total. The first-order valence-corrected chi connectivity index (χ1v) is 9.58. The zero-order valence-electron chi connectivity index (χ0n) is 14.3. The van der Waals surface area contributed by atoms with Crippen molar-refractivity contribution >= 4 is 38.3 Å². The second kappa shape index (κ2) is 6.72. The summed E-state index contributed by atoms with van der Waals surface area (Å²) in [6, 6.07) is 1.66. The molecule has 0 spiro atoms. The van der Waals surface area contributed by atoms with Crippen LogP contribution in [0.2, 0.25) is 0 Å². The molecule has 2 saturated heterocycles. The number of anilines is 2. The SMILES string of the molecule is CN1CCN(c2nc3nc(N4CCCCC4)c([N+](=O)[O-])cc3s2)CC1. The average Bonchev–Trinajstić information content (AvgIpc) is 3.05. The zero-order valence-corrected chi connectivity index (χ0v) is 15.2. The van der Waals surface area contributed by atoms with Crippen LogP contribution in [0.3, 0.4) is 0 Å². The molecular formula is C16H22N6O2S. The number of thiazole rings is 1. The van der Waals surface area contributed by atoms with Gasteiger partial charge in [-0.2, -0.15) is 4.98 Å². The van der Waals surface area contributed by atoms with Gasteiger partial charge in [0.15, 0.2) is 10.8 Å². The van der Waals surface area contributed by atoms with Crippen molar-refractivity contribution in [1.29, 1.82) is 0 Å². The quantitative estimate of drug-likeness (QED) is 0.612. The van der Waals surface area contributed by atoms with E-state index in [9.17, 15) is 10.1 Å². The Balaban J connectivity index is 1.70. The molecule has 0 aromatic carbocycles. The molecule has 4 heterocycles. The number of piperazine rings is 1. The lowest BCUT2D eigenvalue weighted by molar-refractivity contribution is -0.384.